The molecule has 1 spiro atoms. The fourth-order valence-corrected chi connectivity index (χ4v) is 7.32. The van der Waals surface area contributed by atoms with E-state index in [4.69, 9.17) is 4.74 Å². The van der Waals surface area contributed by atoms with E-state index in [1.807, 2.05) is 6.07 Å². The minimum atomic E-state index is 0.199. The second-order valence-electron chi connectivity index (χ2n) is 11.6. The Morgan fingerprint density at radius 3 is 2.56 bits per heavy atom. The molecule has 0 radical (unpaired) electrons. The summed E-state index contributed by atoms with van der Waals surface area (Å²) in [6, 6.07) is 17.7. The molecule has 2 aliphatic carbocycles. The predicted octanol–water partition coefficient (Wildman–Crippen LogP) is 8.01. The van der Waals surface area contributed by atoms with Crippen molar-refractivity contribution in [1.29, 1.82) is 0 Å². The fraction of sp³-hybridized carbons (Fsp3) is 0.600. The molecule has 0 aromatic heterocycles. The number of nitrogens with one attached hydrogen (secondary N) is 1. The molecule has 0 bridgehead atoms. The highest BCUT2D eigenvalue weighted by molar-refractivity contribution is 5.67. The van der Waals surface area contributed by atoms with Gasteiger partial charge in [-0.15, -0.1) is 0 Å². The van der Waals surface area contributed by atoms with Crippen molar-refractivity contribution in [3.8, 4) is 5.75 Å². The summed E-state index contributed by atoms with van der Waals surface area (Å²) in [5.74, 6) is 1.84. The third kappa shape index (κ3) is 3.64. The molecule has 1 heterocycles. The Labute approximate surface area is 195 Å². The Kier molecular flexibility index (Phi) is 5.76. The van der Waals surface area contributed by atoms with Crippen LogP contribution in [-0.4, -0.2) is 12.1 Å². The maximum atomic E-state index is 6.00. The number of unbranched alkanes of at least 4 members (excludes halogenated alkanes) is 1. The van der Waals surface area contributed by atoms with Gasteiger partial charge in [0.15, 0.2) is 0 Å². The molecule has 3 aliphatic rings. The van der Waals surface area contributed by atoms with Gasteiger partial charge in [-0.3, -0.25) is 0 Å². The van der Waals surface area contributed by atoms with E-state index in [-0.39, 0.29) is 11.0 Å². The molecule has 2 aromatic rings. The lowest BCUT2D eigenvalue weighted by Crippen LogP contribution is -2.59. The fourth-order valence-electron chi connectivity index (χ4n) is 7.32. The molecule has 0 saturated heterocycles. The van der Waals surface area contributed by atoms with Crippen LogP contribution >= 0.6 is 0 Å². The van der Waals surface area contributed by atoms with Gasteiger partial charge in [0, 0.05) is 16.6 Å². The monoisotopic (exact) mass is 431 g/mol. The summed E-state index contributed by atoms with van der Waals surface area (Å²) in [7, 11) is 0. The summed E-state index contributed by atoms with van der Waals surface area (Å²) < 4.78 is 6.00. The highest BCUT2D eigenvalue weighted by Gasteiger charge is 2.62. The number of benzene rings is 2. The molecule has 5 rings (SSSR count). The number of fused-ring (bicyclic) bond motifs is 1. The van der Waals surface area contributed by atoms with Crippen LogP contribution in [0.5, 0.6) is 5.75 Å². The molecule has 2 saturated carbocycles. The zero-order valence-electron chi connectivity index (χ0n) is 20.4. The third-order valence-electron chi connectivity index (χ3n) is 8.83. The van der Waals surface area contributed by atoms with Gasteiger partial charge in [-0.05, 0) is 85.6 Å². The second kappa shape index (κ2) is 8.43. The zero-order valence-corrected chi connectivity index (χ0v) is 20.4. The van der Waals surface area contributed by atoms with E-state index in [0.29, 0.717) is 5.41 Å². The minimum absolute atomic E-state index is 0.199. The maximum Gasteiger partial charge on any atom is 0.119 e. The summed E-state index contributed by atoms with van der Waals surface area (Å²) in [6.07, 6.45) is 13.3. The summed E-state index contributed by atoms with van der Waals surface area (Å²) in [6.45, 7) is 7.88. The van der Waals surface area contributed by atoms with Crippen molar-refractivity contribution >= 4 is 5.69 Å². The van der Waals surface area contributed by atoms with Crippen LogP contribution in [0.25, 0.3) is 0 Å². The standard InChI is InChI=1S/C30H41NO/c1-28(2,3)24-16-17-27-26(22-24)30-20-8-7-12-23(30)13-11-19-29(30,31-27)18-9-10-21-32-25-14-5-4-6-15-25/h4-6,14-17,22-23,31H,7-13,18-21H2,1-3H3/t23-,29+,30?/m0/s1. The largest absolute Gasteiger partial charge is 0.494 e. The Balaban J connectivity index is 1.39. The first-order valence-corrected chi connectivity index (χ1v) is 13.1. The first-order chi connectivity index (χ1) is 15.4. The van der Waals surface area contributed by atoms with Crippen molar-refractivity contribution in [2.75, 3.05) is 11.9 Å². The molecule has 1 aliphatic heterocycles. The van der Waals surface area contributed by atoms with Crippen LogP contribution in [0.1, 0.15) is 96.1 Å². The number of anilines is 1. The lowest BCUT2D eigenvalue weighted by atomic mass is 9.49. The van der Waals surface area contributed by atoms with Gasteiger partial charge in [0.2, 0.25) is 0 Å². The van der Waals surface area contributed by atoms with Crippen molar-refractivity contribution in [2.45, 2.75) is 101 Å². The average molecular weight is 432 g/mol. The number of hydrogen-bond donors (Lipinski definition) is 1. The van der Waals surface area contributed by atoms with Gasteiger partial charge in [0.1, 0.15) is 5.75 Å². The average Bonchev–Trinajstić information content (AvgIpc) is 3.07. The molecule has 0 amide bonds. The molecule has 2 aromatic carbocycles. The Morgan fingerprint density at radius 2 is 1.75 bits per heavy atom. The molecule has 32 heavy (non-hydrogen) atoms. The lowest BCUT2D eigenvalue weighted by molar-refractivity contribution is 0.0509. The van der Waals surface area contributed by atoms with Crippen LogP contribution in [0.2, 0.25) is 0 Å². The van der Waals surface area contributed by atoms with E-state index in [1.165, 1.54) is 69.0 Å². The van der Waals surface area contributed by atoms with Gasteiger partial charge >= 0.3 is 0 Å². The maximum absolute atomic E-state index is 6.00. The van der Waals surface area contributed by atoms with Crippen LogP contribution in [-0.2, 0) is 10.8 Å². The summed E-state index contributed by atoms with van der Waals surface area (Å²) in [5.41, 5.74) is 5.36. The van der Waals surface area contributed by atoms with E-state index in [1.54, 1.807) is 5.56 Å². The van der Waals surface area contributed by atoms with Gasteiger partial charge in [-0.25, -0.2) is 0 Å². The quantitative estimate of drug-likeness (QED) is 0.468. The van der Waals surface area contributed by atoms with E-state index in [9.17, 15) is 0 Å². The minimum Gasteiger partial charge on any atom is -0.494 e. The van der Waals surface area contributed by atoms with Gasteiger partial charge in [-0.2, -0.15) is 0 Å². The number of rotatable bonds is 6. The number of ether oxygens (including phenoxy) is 1. The topological polar surface area (TPSA) is 21.3 Å². The summed E-state index contributed by atoms with van der Waals surface area (Å²) >= 11 is 0. The molecule has 172 valence electrons. The molecule has 2 fully saturated rings. The predicted molar refractivity (Wildman–Crippen MR) is 135 cm³/mol. The number of hydrogen-bond acceptors (Lipinski definition) is 2. The second-order valence-corrected chi connectivity index (χ2v) is 11.6. The van der Waals surface area contributed by atoms with Crippen molar-refractivity contribution < 1.29 is 4.74 Å². The molecule has 2 heteroatoms. The number of para-hydroxylation sites is 1. The van der Waals surface area contributed by atoms with Crippen molar-refractivity contribution in [2.24, 2.45) is 5.92 Å². The van der Waals surface area contributed by atoms with E-state index >= 15 is 0 Å². The van der Waals surface area contributed by atoms with Crippen LogP contribution < -0.4 is 10.1 Å². The van der Waals surface area contributed by atoms with E-state index in [2.05, 4.69) is 68.6 Å². The molecule has 3 atom stereocenters. The van der Waals surface area contributed by atoms with Crippen LogP contribution in [0.15, 0.2) is 48.5 Å². The first-order valence-electron chi connectivity index (χ1n) is 13.1. The summed E-state index contributed by atoms with van der Waals surface area (Å²) in [5, 5.41) is 4.19. The molecular formula is C30H41NO. The highest BCUT2D eigenvalue weighted by atomic mass is 16.5. The SMILES string of the molecule is CC(C)(C)c1ccc2c(c1)C13CCCC[C@H]1CCC[C@@]3(CCCCOc1ccccc1)N2. The van der Waals surface area contributed by atoms with E-state index < -0.39 is 0 Å². The van der Waals surface area contributed by atoms with Crippen molar-refractivity contribution in [1.82, 2.24) is 0 Å². The third-order valence-corrected chi connectivity index (χ3v) is 8.83. The molecule has 2 nitrogen and oxygen atoms in total. The Bertz CT molecular complexity index is 928. The summed E-state index contributed by atoms with van der Waals surface area (Å²) in [4.78, 5) is 0. The molecular weight excluding hydrogens is 390 g/mol. The lowest BCUT2D eigenvalue weighted by Gasteiger charge is -2.57. The zero-order chi connectivity index (χ0) is 22.2. The van der Waals surface area contributed by atoms with Gasteiger partial charge in [-0.1, -0.05) is 70.4 Å². The van der Waals surface area contributed by atoms with Gasteiger partial charge < -0.3 is 10.1 Å². The smallest absolute Gasteiger partial charge is 0.119 e. The Hall–Kier alpha value is -1.96. The Morgan fingerprint density at radius 1 is 0.938 bits per heavy atom. The van der Waals surface area contributed by atoms with Gasteiger partial charge in [0.25, 0.3) is 0 Å². The molecule has 1 unspecified atom stereocenters. The van der Waals surface area contributed by atoms with Crippen LogP contribution in [0, 0.1) is 5.92 Å². The van der Waals surface area contributed by atoms with Gasteiger partial charge in [0.05, 0.1) is 6.61 Å². The normalized spacial score (nSPS) is 28.9. The van der Waals surface area contributed by atoms with Crippen LogP contribution in [0.3, 0.4) is 0 Å². The van der Waals surface area contributed by atoms with Crippen molar-refractivity contribution in [3.63, 3.8) is 0 Å². The highest BCUT2D eigenvalue weighted by Crippen LogP contribution is 2.64. The van der Waals surface area contributed by atoms with Crippen LogP contribution in [0.4, 0.5) is 5.69 Å². The molecule has 1 N–H and O–H groups in total. The van der Waals surface area contributed by atoms with Crippen molar-refractivity contribution in [3.05, 3.63) is 59.7 Å². The van der Waals surface area contributed by atoms with E-state index in [0.717, 1.165) is 24.7 Å². The first kappa shape index (κ1) is 21.9.